The second-order valence-corrected chi connectivity index (χ2v) is 5.95. The maximum atomic E-state index is 6.02. The van der Waals surface area contributed by atoms with Crippen molar-refractivity contribution >= 4 is 0 Å². The van der Waals surface area contributed by atoms with E-state index in [-0.39, 0.29) is 6.10 Å². The zero-order chi connectivity index (χ0) is 13.8. The van der Waals surface area contributed by atoms with Crippen molar-refractivity contribution in [2.45, 2.75) is 57.3 Å². The second kappa shape index (κ2) is 6.59. The lowest BCUT2D eigenvalue weighted by atomic mass is 10.2. The van der Waals surface area contributed by atoms with Gasteiger partial charge in [0.2, 0.25) is 0 Å². The molecule has 1 aromatic rings. The van der Waals surface area contributed by atoms with E-state index in [1.54, 1.807) is 0 Å². The monoisotopic (exact) mass is 275 g/mol. The Morgan fingerprint density at radius 2 is 1.85 bits per heavy atom. The fourth-order valence-electron chi connectivity index (χ4n) is 2.65. The first kappa shape index (κ1) is 13.9. The van der Waals surface area contributed by atoms with E-state index in [1.165, 1.54) is 18.4 Å². The molecule has 1 aromatic carbocycles. The lowest BCUT2D eigenvalue weighted by Gasteiger charge is -2.15. The molecule has 3 rings (SSSR count). The van der Waals surface area contributed by atoms with Crippen LogP contribution in [-0.2, 0) is 11.2 Å². The molecular weight excluding hydrogens is 250 g/mol. The minimum Gasteiger partial charge on any atom is -0.491 e. The van der Waals surface area contributed by atoms with Crippen molar-refractivity contribution in [3.05, 3.63) is 29.8 Å². The number of ether oxygens (including phenoxy) is 2. The Kier molecular flexibility index (Phi) is 4.58. The summed E-state index contributed by atoms with van der Waals surface area (Å²) >= 11 is 0. The molecule has 1 heterocycles. The van der Waals surface area contributed by atoms with E-state index >= 15 is 0 Å². The highest BCUT2D eigenvalue weighted by atomic mass is 16.5. The van der Waals surface area contributed by atoms with E-state index in [1.807, 2.05) is 0 Å². The van der Waals surface area contributed by atoms with E-state index in [4.69, 9.17) is 9.47 Å². The van der Waals surface area contributed by atoms with Gasteiger partial charge in [-0.1, -0.05) is 19.1 Å². The Balaban J connectivity index is 1.37. The minimum atomic E-state index is 0.256. The number of benzene rings is 1. The van der Waals surface area contributed by atoms with Crippen LogP contribution >= 0.6 is 0 Å². The first-order chi connectivity index (χ1) is 9.83. The predicted octanol–water partition coefficient (Wildman–Crippen LogP) is 2.93. The number of hydrogen-bond donors (Lipinski definition) is 1. The standard InChI is InChI=1S/C17H25NO2/c1-2-13-3-7-15(8-4-13)19-12-17-10-9-16(20-17)11-18-14-5-6-14/h3-4,7-8,14,16-18H,2,5-6,9-12H2,1H3. The van der Waals surface area contributed by atoms with Gasteiger partial charge in [-0.25, -0.2) is 0 Å². The highest BCUT2D eigenvalue weighted by Gasteiger charge is 2.28. The summed E-state index contributed by atoms with van der Waals surface area (Å²) in [6.07, 6.45) is 6.66. The van der Waals surface area contributed by atoms with Crippen molar-refractivity contribution in [3.8, 4) is 5.75 Å². The third-order valence-corrected chi connectivity index (χ3v) is 4.17. The Labute approximate surface area is 121 Å². The third kappa shape index (κ3) is 3.97. The maximum Gasteiger partial charge on any atom is 0.119 e. The lowest BCUT2D eigenvalue weighted by Crippen LogP contribution is -2.29. The third-order valence-electron chi connectivity index (χ3n) is 4.17. The van der Waals surface area contributed by atoms with Gasteiger partial charge in [-0.3, -0.25) is 0 Å². The molecule has 3 heteroatoms. The molecule has 3 nitrogen and oxygen atoms in total. The zero-order valence-corrected chi connectivity index (χ0v) is 12.3. The van der Waals surface area contributed by atoms with Gasteiger partial charge < -0.3 is 14.8 Å². The second-order valence-electron chi connectivity index (χ2n) is 5.95. The van der Waals surface area contributed by atoms with Crippen molar-refractivity contribution in [3.63, 3.8) is 0 Å². The number of nitrogens with one attached hydrogen (secondary N) is 1. The summed E-state index contributed by atoms with van der Waals surface area (Å²) in [5, 5.41) is 3.54. The molecule has 2 unspecified atom stereocenters. The van der Waals surface area contributed by atoms with Crippen LogP contribution in [0.4, 0.5) is 0 Å². The van der Waals surface area contributed by atoms with Crippen molar-refractivity contribution < 1.29 is 9.47 Å². The number of aryl methyl sites for hydroxylation is 1. The molecule has 1 N–H and O–H groups in total. The van der Waals surface area contributed by atoms with E-state index in [9.17, 15) is 0 Å². The molecule has 0 radical (unpaired) electrons. The Morgan fingerprint density at radius 3 is 2.55 bits per heavy atom. The molecule has 1 aliphatic carbocycles. The van der Waals surface area contributed by atoms with Gasteiger partial charge in [-0.05, 0) is 49.8 Å². The lowest BCUT2D eigenvalue weighted by molar-refractivity contribution is 0.0184. The van der Waals surface area contributed by atoms with Crippen molar-refractivity contribution in [2.24, 2.45) is 0 Å². The molecule has 2 atom stereocenters. The smallest absolute Gasteiger partial charge is 0.119 e. The summed E-state index contributed by atoms with van der Waals surface area (Å²) in [6.45, 7) is 3.84. The molecule has 1 saturated carbocycles. The van der Waals surface area contributed by atoms with Gasteiger partial charge in [0.05, 0.1) is 12.2 Å². The quantitative estimate of drug-likeness (QED) is 0.830. The minimum absolute atomic E-state index is 0.256. The average molecular weight is 275 g/mol. The van der Waals surface area contributed by atoms with Crippen molar-refractivity contribution in [2.75, 3.05) is 13.2 Å². The summed E-state index contributed by atoms with van der Waals surface area (Å²) in [7, 11) is 0. The summed E-state index contributed by atoms with van der Waals surface area (Å²) in [4.78, 5) is 0. The molecule has 0 aromatic heterocycles. The van der Waals surface area contributed by atoms with Gasteiger partial charge in [0.15, 0.2) is 0 Å². The van der Waals surface area contributed by atoms with Crippen LogP contribution in [0.25, 0.3) is 0 Å². The van der Waals surface area contributed by atoms with Crippen molar-refractivity contribution in [1.82, 2.24) is 5.32 Å². The Hall–Kier alpha value is -1.06. The van der Waals surface area contributed by atoms with Crippen LogP contribution < -0.4 is 10.1 Å². The SMILES string of the molecule is CCc1ccc(OCC2CCC(CNC3CC3)O2)cc1. The van der Waals surface area contributed by atoms with Crippen molar-refractivity contribution in [1.29, 1.82) is 0 Å². The fourth-order valence-corrected chi connectivity index (χ4v) is 2.65. The highest BCUT2D eigenvalue weighted by molar-refractivity contribution is 5.27. The van der Waals surface area contributed by atoms with Crippen LogP contribution in [0.5, 0.6) is 5.75 Å². The summed E-state index contributed by atoms with van der Waals surface area (Å²) < 4.78 is 11.8. The predicted molar refractivity (Wildman–Crippen MR) is 80.2 cm³/mol. The van der Waals surface area contributed by atoms with Gasteiger partial charge in [0.1, 0.15) is 12.4 Å². The molecule has 1 saturated heterocycles. The van der Waals surface area contributed by atoms with Gasteiger partial charge in [-0.2, -0.15) is 0 Å². The molecular formula is C17H25NO2. The first-order valence-electron chi connectivity index (χ1n) is 7.94. The largest absolute Gasteiger partial charge is 0.491 e. The Morgan fingerprint density at radius 1 is 1.10 bits per heavy atom. The van der Waals surface area contributed by atoms with E-state index in [2.05, 4.69) is 36.5 Å². The normalized spacial score (nSPS) is 25.9. The fraction of sp³-hybridized carbons (Fsp3) is 0.647. The van der Waals surface area contributed by atoms with Gasteiger partial charge in [0.25, 0.3) is 0 Å². The van der Waals surface area contributed by atoms with Crippen LogP contribution in [0.15, 0.2) is 24.3 Å². The molecule has 0 bridgehead atoms. The van der Waals surface area contributed by atoms with Gasteiger partial charge in [0, 0.05) is 12.6 Å². The van der Waals surface area contributed by atoms with Crippen LogP contribution in [0, 0.1) is 0 Å². The summed E-state index contributed by atoms with van der Waals surface area (Å²) in [6, 6.07) is 9.14. The van der Waals surface area contributed by atoms with Gasteiger partial charge >= 0.3 is 0 Å². The van der Waals surface area contributed by atoms with Crippen LogP contribution in [0.3, 0.4) is 0 Å². The number of rotatable bonds is 7. The van der Waals surface area contributed by atoms with E-state index in [0.717, 1.165) is 37.6 Å². The summed E-state index contributed by atoms with van der Waals surface area (Å²) in [5.41, 5.74) is 1.35. The number of hydrogen-bond acceptors (Lipinski definition) is 3. The van der Waals surface area contributed by atoms with Crippen LogP contribution in [0.1, 0.15) is 38.2 Å². The zero-order valence-electron chi connectivity index (χ0n) is 12.3. The summed E-state index contributed by atoms with van der Waals surface area (Å²) in [5.74, 6) is 0.949. The van der Waals surface area contributed by atoms with Crippen LogP contribution in [-0.4, -0.2) is 31.4 Å². The molecule has 0 spiro atoms. The highest BCUT2D eigenvalue weighted by Crippen LogP contribution is 2.23. The molecule has 0 amide bonds. The molecule has 1 aliphatic heterocycles. The molecule has 2 fully saturated rings. The first-order valence-corrected chi connectivity index (χ1v) is 7.94. The van der Waals surface area contributed by atoms with Gasteiger partial charge in [-0.15, -0.1) is 0 Å². The topological polar surface area (TPSA) is 30.5 Å². The molecule has 110 valence electrons. The Bertz CT molecular complexity index is 414. The van der Waals surface area contributed by atoms with Crippen LogP contribution in [0.2, 0.25) is 0 Å². The maximum absolute atomic E-state index is 6.02. The molecule has 2 aliphatic rings. The molecule has 20 heavy (non-hydrogen) atoms. The van der Waals surface area contributed by atoms with E-state index < -0.39 is 0 Å². The van der Waals surface area contributed by atoms with E-state index in [0.29, 0.717) is 12.7 Å². The average Bonchev–Trinajstić information content (AvgIpc) is 3.22.